The molecule has 0 radical (unpaired) electrons. The fourth-order valence-corrected chi connectivity index (χ4v) is 1.98. The maximum Gasteiger partial charge on any atom is 0.137 e. The molecule has 3 nitrogen and oxygen atoms in total. The Labute approximate surface area is 95.0 Å². The molecule has 5 heteroatoms. The number of rotatable bonds is 4. The molecule has 0 aliphatic heterocycles. The zero-order valence-electron chi connectivity index (χ0n) is 8.21. The Balaban J connectivity index is 2.68. The molecule has 1 atom stereocenters. The van der Waals surface area contributed by atoms with Gasteiger partial charge < -0.3 is 0 Å². The number of anilines is 1. The maximum atomic E-state index is 11.4. The van der Waals surface area contributed by atoms with E-state index in [1.54, 1.807) is 6.20 Å². The first-order valence-electron chi connectivity index (χ1n) is 4.40. The van der Waals surface area contributed by atoms with Gasteiger partial charge in [0.15, 0.2) is 0 Å². The molecule has 14 heavy (non-hydrogen) atoms. The lowest BCUT2D eigenvalue weighted by atomic mass is 10.3. The average Bonchev–Trinajstić information content (AvgIpc) is 2.12. The van der Waals surface area contributed by atoms with Crippen LogP contribution in [-0.4, -0.2) is 14.9 Å². The van der Waals surface area contributed by atoms with Crippen molar-refractivity contribution in [2.45, 2.75) is 20.3 Å². The standard InChI is InChI=1S/C9H13BrN2OS/c1-3-4-14(13)12-9-5-7(2)8(10)6-11-9/h5-6H,3-4H2,1-2H3,(H,11,12). The van der Waals surface area contributed by atoms with E-state index in [-0.39, 0.29) is 0 Å². The zero-order chi connectivity index (χ0) is 10.6. The molecule has 0 spiro atoms. The van der Waals surface area contributed by atoms with Crippen LogP contribution in [0.2, 0.25) is 0 Å². The SMILES string of the molecule is CCCS(=O)Nc1cc(C)c(Br)cn1. The molecule has 78 valence electrons. The van der Waals surface area contributed by atoms with Crippen molar-refractivity contribution < 1.29 is 4.21 Å². The topological polar surface area (TPSA) is 42.0 Å². The van der Waals surface area contributed by atoms with Gasteiger partial charge in [-0.3, -0.25) is 4.72 Å². The summed E-state index contributed by atoms with van der Waals surface area (Å²) in [6, 6.07) is 1.87. The molecule has 1 aromatic rings. The molecule has 0 saturated heterocycles. The second-order valence-electron chi connectivity index (χ2n) is 2.97. The van der Waals surface area contributed by atoms with Crippen LogP contribution >= 0.6 is 15.9 Å². The second kappa shape index (κ2) is 5.46. The number of nitrogens with one attached hydrogen (secondary N) is 1. The van der Waals surface area contributed by atoms with Crippen molar-refractivity contribution >= 4 is 32.7 Å². The van der Waals surface area contributed by atoms with Crippen molar-refractivity contribution in [1.82, 2.24) is 4.98 Å². The van der Waals surface area contributed by atoms with E-state index in [2.05, 4.69) is 25.6 Å². The summed E-state index contributed by atoms with van der Waals surface area (Å²) < 4.78 is 15.2. The molecule has 0 fully saturated rings. The van der Waals surface area contributed by atoms with Gasteiger partial charge in [-0.2, -0.15) is 0 Å². The smallest absolute Gasteiger partial charge is 0.137 e. The zero-order valence-corrected chi connectivity index (χ0v) is 10.6. The van der Waals surface area contributed by atoms with Crippen molar-refractivity contribution in [2.75, 3.05) is 10.5 Å². The molecule has 1 unspecified atom stereocenters. The van der Waals surface area contributed by atoms with Crippen molar-refractivity contribution in [3.8, 4) is 0 Å². The van der Waals surface area contributed by atoms with Gasteiger partial charge in [0.05, 0.1) is 0 Å². The highest BCUT2D eigenvalue weighted by Crippen LogP contribution is 2.17. The Bertz CT molecular complexity index is 344. The first kappa shape index (κ1) is 11.7. The van der Waals surface area contributed by atoms with Crippen LogP contribution in [-0.2, 0) is 11.0 Å². The molecule has 1 heterocycles. The molecule has 0 bridgehead atoms. The predicted molar refractivity (Wildman–Crippen MR) is 63.6 cm³/mol. The Kier molecular flexibility index (Phi) is 4.54. The van der Waals surface area contributed by atoms with E-state index >= 15 is 0 Å². The number of aromatic nitrogens is 1. The molecular weight excluding hydrogens is 264 g/mol. The van der Waals surface area contributed by atoms with E-state index in [9.17, 15) is 4.21 Å². The lowest BCUT2D eigenvalue weighted by Gasteiger charge is -2.05. The van der Waals surface area contributed by atoms with Crippen molar-refractivity contribution in [1.29, 1.82) is 0 Å². The largest absolute Gasteiger partial charge is 0.289 e. The highest BCUT2D eigenvalue weighted by Gasteiger charge is 2.01. The van der Waals surface area contributed by atoms with Crippen molar-refractivity contribution in [2.24, 2.45) is 0 Å². The summed E-state index contributed by atoms with van der Waals surface area (Å²) >= 11 is 3.36. The van der Waals surface area contributed by atoms with Gasteiger partial charge in [-0.1, -0.05) is 6.92 Å². The highest BCUT2D eigenvalue weighted by molar-refractivity contribution is 9.10. The van der Waals surface area contributed by atoms with Crippen LogP contribution in [0.4, 0.5) is 5.82 Å². The third-order valence-corrected chi connectivity index (χ3v) is 3.70. The van der Waals surface area contributed by atoms with Crippen LogP contribution in [0.25, 0.3) is 0 Å². The average molecular weight is 277 g/mol. The third kappa shape index (κ3) is 3.38. The van der Waals surface area contributed by atoms with E-state index in [0.29, 0.717) is 11.6 Å². The lowest BCUT2D eigenvalue weighted by molar-refractivity contribution is 0.685. The Morgan fingerprint density at radius 1 is 1.64 bits per heavy atom. The minimum atomic E-state index is -1.01. The Morgan fingerprint density at radius 3 is 2.93 bits per heavy atom. The number of hydrogen-bond donors (Lipinski definition) is 1. The minimum absolute atomic E-state index is 0.650. The summed E-state index contributed by atoms with van der Waals surface area (Å²) in [6.07, 6.45) is 2.61. The van der Waals surface area contributed by atoms with Gasteiger partial charge in [-0.25, -0.2) is 9.19 Å². The normalized spacial score (nSPS) is 12.5. The van der Waals surface area contributed by atoms with Gasteiger partial charge in [0.1, 0.15) is 16.8 Å². The predicted octanol–water partition coefficient (Wildman–Crippen LogP) is 2.64. The quantitative estimate of drug-likeness (QED) is 0.919. The van der Waals surface area contributed by atoms with E-state index in [0.717, 1.165) is 16.5 Å². The molecule has 1 aromatic heterocycles. The summed E-state index contributed by atoms with van der Waals surface area (Å²) in [7, 11) is -1.01. The molecule has 0 saturated carbocycles. The van der Waals surface area contributed by atoms with Crippen LogP contribution < -0.4 is 4.72 Å². The highest BCUT2D eigenvalue weighted by atomic mass is 79.9. The molecule has 1 N–H and O–H groups in total. The summed E-state index contributed by atoms with van der Waals surface area (Å²) in [5, 5.41) is 0. The monoisotopic (exact) mass is 276 g/mol. The lowest BCUT2D eigenvalue weighted by Crippen LogP contribution is -2.09. The van der Waals surface area contributed by atoms with E-state index in [1.165, 1.54) is 0 Å². The van der Waals surface area contributed by atoms with Crippen LogP contribution in [0, 0.1) is 6.92 Å². The second-order valence-corrected chi connectivity index (χ2v) is 5.13. The Hall–Kier alpha value is -0.420. The van der Waals surface area contributed by atoms with E-state index < -0.39 is 11.0 Å². The first-order chi connectivity index (χ1) is 6.63. The summed E-state index contributed by atoms with van der Waals surface area (Å²) in [5.74, 6) is 1.31. The number of aryl methyl sites for hydroxylation is 1. The summed E-state index contributed by atoms with van der Waals surface area (Å²) in [5.41, 5.74) is 1.08. The van der Waals surface area contributed by atoms with Crippen molar-refractivity contribution in [3.05, 3.63) is 22.3 Å². The van der Waals surface area contributed by atoms with Crippen LogP contribution in [0.5, 0.6) is 0 Å². The molecule has 1 rings (SSSR count). The molecule has 0 aliphatic carbocycles. The fourth-order valence-electron chi connectivity index (χ4n) is 0.948. The fraction of sp³-hybridized carbons (Fsp3) is 0.444. The number of nitrogens with zero attached hydrogens (tertiary/aromatic N) is 1. The Morgan fingerprint density at radius 2 is 2.36 bits per heavy atom. The van der Waals surface area contributed by atoms with Gasteiger partial charge >= 0.3 is 0 Å². The van der Waals surface area contributed by atoms with E-state index in [1.807, 2.05) is 19.9 Å². The van der Waals surface area contributed by atoms with Gasteiger partial charge in [0.2, 0.25) is 0 Å². The van der Waals surface area contributed by atoms with Crippen LogP contribution in [0.3, 0.4) is 0 Å². The summed E-state index contributed by atoms with van der Waals surface area (Å²) in [4.78, 5) is 4.11. The van der Waals surface area contributed by atoms with Crippen LogP contribution in [0.1, 0.15) is 18.9 Å². The van der Waals surface area contributed by atoms with Crippen molar-refractivity contribution in [3.63, 3.8) is 0 Å². The van der Waals surface area contributed by atoms with Crippen LogP contribution in [0.15, 0.2) is 16.7 Å². The summed E-state index contributed by atoms with van der Waals surface area (Å²) in [6.45, 7) is 3.97. The third-order valence-electron chi connectivity index (χ3n) is 1.65. The van der Waals surface area contributed by atoms with Gasteiger partial charge in [0, 0.05) is 16.4 Å². The minimum Gasteiger partial charge on any atom is -0.289 e. The molecule has 0 aromatic carbocycles. The number of hydrogen-bond acceptors (Lipinski definition) is 2. The molecule has 0 amide bonds. The van der Waals surface area contributed by atoms with E-state index in [4.69, 9.17) is 0 Å². The number of pyridine rings is 1. The van der Waals surface area contributed by atoms with Gasteiger partial charge in [-0.05, 0) is 40.9 Å². The molecule has 0 aliphatic rings. The number of halogens is 1. The maximum absolute atomic E-state index is 11.4. The van der Waals surface area contributed by atoms with Gasteiger partial charge in [0.25, 0.3) is 0 Å². The molecular formula is C9H13BrN2OS. The first-order valence-corrected chi connectivity index (χ1v) is 6.52. The van der Waals surface area contributed by atoms with Gasteiger partial charge in [-0.15, -0.1) is 0 Å².